The van der Waals surface area contributed by atoms with Gasteiger partial charge in [0.25, 0.3) is 18.3 Å². The minimum Gasteiger partial charge on any atom is -0.724 e. The van der Waals surface area contributed by atoms with E-state index >= 15 is 0 Å². The zero-order chi connectivity index (χ0) is 32.9. The highest BCUT2D eigenvalue weighted by molar-refractivity contribution is 7.80. The van der Waals surface area contributed by atoms with E-state index < -0.39 is 64.4 Å². The van der Waals surface area contributed by atoms with Gasteiger partial charge in [-0.25, -0.2) is 22.8 Å². The summed E-state index contributed by atoms with van der Waals surface area (Å²) in [5.74, 6) is -3.86. The number of carboxylic acids is 1. The molecule has 1 aliphatic rings. The summed E-state index contributed by atoms with van der Waals surface area (Å²) in [5.41, 5.74) is 9.36. The fourth-order valence-corrected chi connectivity index (χ4v) is 5.15. The Morgan fingerprint density at radius 3 is 2.60 bits per heavy atom. The molecular formula is C24H29N9O10S2. The monoisotopic (exact) mass is 667 g/mol. The summed E-state index contributed by atoms with van der Waals surface area (Å²) < 4.78 is 46.2. The number of carboxylic acid groups (broad SMARTS) is 1. The lowest BCUT2D eigenvalue weighted by atomic mass is 9.74. The third kappa shape index (κ3) is 8.13. The molecule has 0 bridgehead atoms. The molecular weight excluding hydrogens is 638 g/mol. The van der Waals surface area contributed by atoms with Gasteiger partial charge in [-0.2, -0.15) is 23.9 Å². The minimum absolute atomic E-state index is 0.0503. The number of nitrogens with two attached hydrogens (primary N) is 2. The SMILES string of the molecule is CC1(C)[C@H](CC(=O)/C(=N\O[C@@H](COc2cnc(-n3cc[n+](CCCN)c3)nc2)C(=O)O)c2csc(N)n2)C(=O)N1OS(=O)(=O)[O-]. The van der Waals surface area contributed by atoms with E-state index in [9.17, 15) is 32.5 Å². The summed E-state index contributed by atoms with van der Waals surface area (Å²) in [5, 5.41) is 15.2. The van der Waals surface area contributed by atoms with Crippen molar-refractivity contribution >= 4 is 50.2 Å². The average molecular weight is 668 g/mol. The number of ether oxygens (including phenoxy) is 1. The molecule has 1 amide bonds. The highest BCUT2D eigenvalue weighted by Crippen LogP contribution is 2.40. The molecule has 0 spiro atoms. The first kappa shape index (κ1) is 33.3. The van der Waals surface area contributed by atoms with Crippen LogP contribution in [-0.4, -0.2) is 90.8 Å². The zero-order valence-electron chi connectivity index (χ0n) is 23.9. The van der Waals surface area contributed by atoms with Gasteiger partial charge in [-0.3, -0.25) is 9.59 Å². The predicted molar refractivity (Wildman–Crippen MR) is 151 cm³/mol. The summed E-state index contributed by atoms with van der Waals surface area (Å²) >= 11 is 0.967. The van der Waals surface area contributed by atoms with Crippen LogP contribution >= 0.6 is 11.3 Å². The van der Waals surface area contributed by atoms with Gasteiger partial charge < -0.3 is 30.7 Å². The zero-order valence-corrected chi connectivity index (χ0v) is 25.5. The van der Waals surface area contributed by atoms with Gasteiger partial charge >= 0.3 is 11.9 Å². The maximum absolute atomic E-state index is 13.3. The molecule has 21 heteroatoms. The van der Waals surface area contributed by atoms with E-state index in [-0.39, 0.29) is 16.6 Å². The second kappa shape index (κ2) is 13.6. The first-order chi connectivity index (χ1) is 21.2. The van der Waals surface area contributed by atoms with Crippen LogP contribution in [0.25, 0.3) is 5.95 Å². The van der Waals surface area contributed by atoms with E-state index in [0.29, 0.717) is 17.6 Å². The molecule has 45 heavy (non-hydrogen) atoms. The van der Waals surface area contributed by atoms with Crippen LogP contribution in [0.15, 0.2) is 41.7 Å². The van der Waals surface area contributed by atoms with Crippen molar-refractivity contribution in [2.45, 2.75) is 44.9 Å². The number of hydrogen-bond acceptors (Lipinski definition) is 16. The Balaban J connectivity index is 1.44. The highest BCUT2D eigenvalue weighted by Gasteiger charge is 2.57. The molecule has 0 saturated carbocycles. The van der Waals surface area contributed by atoms with Crippen molar-refractivity contribution in [1.82, 2.24) is 24.6 Å². The Morgan fingerprint density at radius 1 is 1.31 bits per heavy atom. The smallest absolute Gasteiger partial charge is 0.351 e. The van der Waals surface area contributed by atoms with E-state index in [4.69, 9.17) is 21.0 Å². The molecule has 0 aliphatic carbocycles. The van der Waals surface area contributed by atoms with Gasteiger partial charge in [0.1, 0.15) is 24.7 Å². The summed E-state index contributed by atoms with van der Waals surface area (Å²) in [6.45, 7) is 3.50. The topological polar surface area (TPSA) is 271 Å². The molecule has 1 saturated heterocycles. The minimum atomic E-state index is -5.24. The number of nitrogens with zero attached hydrogens (tertiary/aromatic N) is 7. The number of hydrogen-bond donors (Lipinski definition) is 3. The fraction of sp³-hybridized carbons (Fsp3) is 0.417. The number of aromatic nitrogens is 5. The Hall–Kier alpha value is -4.57. The number of hydroxylamine groups is 2. The number of carbonyl (C=O) groups excluding carboxylic acids is 2. The second-order valence-electron chi connectivity index (χ2n) is 10.1. The van der Waals surface area contributed by atoms with Crippen molar-refractivity contribution in [3.05, 3.63) is 42.2 Å². The molecule has 4 heterocycles. The summed E-state index contributed by atoms with van der Waals surface area (Å²) in [7, 11) is -5.24. The number of oxime groups is 1. The van der Waals surface area contributed by atoms with Crippen LogP contribution in [0.1, 0.15) is 32.4 Å². The van der Waals surface area contributed by atoms with Crippen LogP contribution in [-0.2, 0) is 40.4 Å². The van der Waals surface area contributed by atoms with E-state index in [2.05, 4.69) is 24.4 Å². The van der Waals surface area contributed by atoms with E-state index in [0.717, 1.165) is 24.3 Å². The maximum atomic E-state index is 13.3. The number of carbonyl (C=O) groups is 3. The number of imidazole rings is 1. The van der Waals surface area contributed by atoms with E-state index in [1.807, 2.05) is 10.8 Å². The number of nitrogen functional groups attached to an aromatic ring is 1. The molecule has 19 nitrogen and oxygen atoms in total. The maximum Gasteiger partial charge on any atom is 0.351 e. The number of aliphatic carboxylic acids is 1. The lowest BCUT2D eigenvalue weighted by Crippen LogP contribution is -2.68. The number of ketones is 1. The van der Waals surface area contributed by atoms with Gasteiger partial charge in [0.15, 0.2) is 22.4 Å². The molecule has 0 unspecified atom stereocenters. The van der Waals surface area contributed by atoms with E-state index in [1.54, 1.807) is 17.1 Å². The summed E-state index contributed by atoms with van der Waals surface area (Å²) in [6.07, 6.45) is 6.63. The van der Waals surface area contributed by atoms with Crippen molar-refractivity contribution in [1.29, 1.82) is 0 Å². The molecule has 1 fully saturated rings. The first-order valence-corrected chi connectivity index (χ1v) is 15.3. The highest BCUT2D eigenvalue weighted by atomic mass is 32.3. The van der Waals surface area contributed by atoms with Crippen molar-refractivity contribution in [3.8, 4) is 11.7 Å². The molecule has 0 radical (unpaired) electrons. The number of thiazole rings is 1. The van der Waals surface area contributed by atoms with Crippen LogP contribution in [0.4, 0.5) is 5.13 Å². The fourth-order valence-electron chi connectivity index (χ4n) is 4.15. The predicted octanol–water partition coefficient (Wildman–Crippen LogP) is -1.22. The molecule has 3 aromatic rings. The number of β-lactam (4-membered cyclic amide) rings is 1. The molecule has 0 aromatic carbocycles. The molecule has 3 aromatic heterocycles. The standard InChI is InChI=1S/C24H29N9O10S2/c1-24(2)15(20(35)33(24)43-45(38,39)40)8-17(34)19(16-12-44-22(26)29-16)30-42-18(21(36)37)11-41-14-9-27-23(28-10-14)32-7-6-31(13-32)5-3-4-25/h6-7,9-10,12-13,15,18H,3-5,8,11,25H2,1-2H3,(H3-,26,29,36,37,38,39,40)/b30-19-/t15-,18+/m1/s1. The van der Waals surface area contributed by atoms with Crippen LogP contribution in [0.5, 0.6) is 5.75 Å². The number of rotatable bonds is 16. The Labute approximate surface area is 259 Å². The van der Waals surface area contributed by atoms with Crippen molar-refractivity contribution in [2.75, 3.05) is 18.9 Å². The third-order valence-electron chi connectivity index (χ3n) is 6.56. The quantitative estimate of drug-likeness (QED) is 0.0403. The average Bonchev–Trinajstić information content (AvgIpc) is 3.64. The molecule has 2 atom stereocenters. The molecule has 1 aliphatic heterocycles. The van der Waals surface area contributed by atoms with Crippen LogP contribution < -0.4 is 20.8 Å². The van der Waals surface area contributed by atoms with Crippen LogP contribution in [0.2, 0.25) is 0 Å². The van der Waals surface area contributed by atoms with E-state index in [1.165, 1.54) is 31.6 Å². The second-order valence-corrected chi connectivity index (χ2v) is 12.0. The van der Waals surface area contributed by atoms with Gasteiger partial charge in [-0.15, -0.1) is 11.3 Å². The van der Waals surface area contributed by atoms with Gasteiger partial charge in [0, 0.05) is 11.8 Å². The first-order valence-electron chi connectivity index (χ1n) is 13.1. The van der Waals surface area contributed by atoms with Crippen molar-refractivity contribution in [2.24, 2.45) is 16.8 Å². The Morgan fingerprint density at radius 2 is 2.02 bits per heavy atom. The van der Waals surface area contributed by atoms with Gasteiger partial charge in [-0.05, 0) is 26.8 Å². The van der Waals surface area contributed by atoms with Crippen LogP contribution in [0, 0.1) is 5.92 Å². The van der Waals surface area contributed by atoms with Crippen molar-refractivity contribution < 1.29 is 50.9 Å². The summed E-state index contributed by atoms with van der Waals surface area (Å²) in [6, 6.07) is 0. The number of anilines is 1. The van der Waals surface area contributed by atoms with Gasteiger partial charge in [0.2, 0.25) is 10.4 Å². The normalized spacial score (nSPS) is 17.1. The molecule has 242 valence electrons. The molecule has 5 N–H and O–H groups in total. The Bertz CT molecular complexity index is 1690. The lowest BCUT2D eigenvalue weighted by Gasteiger charge is -2.51. The van der Waals surface area contributed by atoms with Crippen molar-refractivity contribution in [3.63, 3.8) is 0 Å². The van der Waals surface area contributed by atoms with Gasteiger partial charge in [0.05, 0.1) is 30.4 Å². The number of Topliss-reactive ketones (excluding diaryl/α,β-unsaturated/α-hetero) is 1. The third-order valence-corrected chi connectivity index (χ3v) is 7.57. The Kier molecular flexibility index (Phi) is 10.1. The lowest BCUT2D eigenvalue weighted by molar-refractivity contribution is -0.696. The number of amides is 1. The number of aryl methyl sites for hydroxylation is 1. The summed E-state index contributed by atoms with van der Waals surface area (Å²) in [4.78, 5) is 55.2. The largest absolute Gasteiger partial charge is 0.724 e. The van der Waals surface area contributed by atoms with Crippen LogP contribution in [0.3, 0.4) is 0 Å². The van der Waals surface area contributed by atoms with Gasteiger partial charge in [-0.1, -0.05) is 5.16 Å². The molecule has 4 rings (SSSR count).